The SMILES string of the molecule is O=C(/C=C/c1cccc(C(F)(F)F)c1)NCCN1C(=O)CSC1=O. The number of nitrogens with one attached hydrogen (secondary N) is 1. The Labute approximate surface area is 139 Å². The third-order valence-corrected chi connectivity index (χ3v) is 3.97. The number of amides is 3. The lowest BCUT2D eigenvalue weighted by Gasteiger charge is -2.12. The van der Waals surface area contributed by atoms with Crippen molar-refractivity contribution in [2.45, 2.75) is 6.18 Å². The Hall–Kier alpha value is -2.29. The molecule has 0 saturated carbocycles. The van der Waals surface area contributed by atoms with Crippen molar-refractivity contribution in [2.75, 3.05) is 18.8 Å². The number of benzene rings is 1. The zero-order valence-electron chi connectivity index (χ0n) is 12.3. The van der Waals surface area contributed by atoms with E-state index in [0.29, 0.717) is 0 Å². The third kappa shape index (κ3) is 4.85. The predicted molar refractivity (Wildman–Crippen MR) is 83.1 cm³/mol. The molecule has 9 heteroatoms. The molecule has 1 aliphatic heterocycles. The number of rotatable bonds is 5. The fourth-order valence-electron chi connectivity index (χ4n) is 1.94. The van der Waals surface area contributed by atoms with Crippen LogP contribution in [0.25, 0.3) is 6.08 Å². The molecule has 1 aromatic rings. The van der Waals surface area contributed by atoms with Gasteiger partial charge in [-0.25, -0.2) is 0 Å². The fraction of sp³-hybridized carbons (Fsp3) is 0.267. The smallest absolute Gasteiger partial charge is 0.351 e. The van der Waals surface area contributed by atoms with E-state index in [0.717, 1.165) is 34.9 Å². The Kier molecular flexibility index (Phi) is 5.66. The van der Waals surface area contributed by atoms with Crippen molar-refractivity contribution in [3.63, 3.8) is 0 Å². The van der Waals surface area contributed by atoms with Crippen molar-refractivity contribution in [3.8, 4) is 0 Å². The van der Waals surface area contributed by atoms with Crippen LogP contribution in [0.4, 0.5) is 18.0 Å². The van der Waals surface area contributed by atoms with Gasteiger partial charge < -0.3 is 5.32 Å². The molecule has 2 rings (SSSR count). The van der Waals surface area contributed by atoms with Crippen molar-refractivity contribution < 1.29 is 27.6 Å². The topological polar surface area (TPSA) is 66.5 Å². The Balaban J connectivity index is 1.85. The van der Waals surface area contributed by atoms with Crippen molar-refractivity contribution >= 4 is 34.9 Å². The molecular formula is C15H13F3N2O3S. The molecule has 1 aromatic carbocycles. The lowest BCUT2D eigenvalue weighted by molar-refractivity contribution is -0.137. The van der Waals surface area contributed by atoms with Gasteiger partial charge in [0.25, 0.3) is 5.24 Å². The molecular weight excluding hydrogens is 345 g/mol. The summed E-state index contributed by atoms with van der Waals surface area (Å²) >= 11 is 0.902. The van der Waals surface area contributed by atoms with E-state index in [1.54, 1.807) is 0 Å². The minimum absolute atomic E-state index is 0.0633. The van der Waals surface area contributed by atoms with Crippen LogP contribution >= 0.6 is 11.8 Å². The standard InChI is InChI=1S/C15H13F3N2O3S/c16-15(17,18)11-3-1-2-10(8-11)4-5-12(21)19-6-7-20-13(22)9-24-14(20)23/h1-5,8H,6-7,9H2,(H,19,21)/b5-4+. The number of halogens is 3. The van der Waals surface area contributed by atoms with Crippen molar-refractivity contribution in [1.29, 1.82) is 0 Å². The number of carbonyl (C=O) groups is 3. The van der Waals surface area contributed by atoms with E-state index >= 15 is 0 Å². The number of hydrogen-bond donors (Lipinski definition) is 1. The van der Waals surface area contributed by atoms with Crippen LogP contribution in [0.15, 0.2) is 30.3 Å². The summed E-state index contributed by atoms with van der Waals surface area (Å²) in [6.45, 7) is 0.137. The van der Waals surface area contributed by atoms with Gasteiger partial charge in [-0.05, 0) is 23.8 Å². The van der Waals surface area contributed by atoms with E-state index in [1.807, 2.05) is 0 Å². The summed E-state index contributed by atoms with van der Waals surface area (Å²) in [6.07, 6.45) is -2.09. The quantitative estimate of drug-likeness (QED) is 0.822. The maximum Gasteiger partial charge on any atom is 0.416 e. The first-order valence-electron chi connectivity index (χ1n) is 6.87. The second-order valence-electron chi connectivity index (χ2n) is 4.85. The Bertz CT molecular complexity index is 673. The van der Waals surface area contributed by atoms with Crippen LogP contribution in [0, 0.1) is 0 Å². The number of imide groups is 1. The summed E-state index contributed by atoms with van der Waals surface area (Å²) in [4.78, 5) is 35.3. The molecule has 0 aromatic heterocycles. The second-order valence-corrected chi connectivity index (χ2v) is 5.77. The molecule has 0 unspecified atom stereocenters. The monoisotopic (exact) mass is 358 g/mol. The second kappa shape index (κ2) is 7.52. The van der Waals surface area contributed by atoms with Gasteiger partial charge in [0.1, 0.15) is 0 Å². The van der Waals surface area contributed by atoms with E-state index in [1.165, 1.54) is 18.2 Å². The van der Waals surface area contributed by atoms with Crippen molar-refractivity contribution in [1.82, 2.24) is 10.2 Å². The Morgan fingerprint density at radius 1 is 1.33 bits per heavy atom. The molecule has 1 heterocycles. The van der Waals surface area contributed by atoms with Crippen LogP contribution in [0.1, 0.15) is 11.1 Å². The summed E-state index contributed by atoms with van der Waals surface area (Å²) in [7, 11) is 0. The Morgan fingerprint density at radius 2 is 2.08 bits per heavy atom. The molecule has 1 aliphatic rings. The molecule has 1 N–H and O–H groups in total. The van der Waals surface area contributed by atoms with Gasteiger partial charge in [-0.15, -0.1) is 0 Å². The minimum Gasteiger partial charge on any atom is -0.351 e. The van der Waals surface area contributed by atoms with E-state index < -0.39 is 17.6 Å². The largest absolute Gasteiger partial charge is 0.416 e. The molecule has 24 heavy (non-hydrogen) atoms. The average Bonchev–Trinajstić information content (AvgIpc) is 2.84. The third-order valence-electron chi connectivity index (χ3n) is 3.12. The number of thioether (sulfide) groups is 1. The lowest BCUT2D eigenvalue weighted by atomic mass is 10.1. The molecule has 3 amide bonds. The first kappa shape index (κ1) is 18.1. The molecule has 0 aliphatic carbocycles. The molecule has 0 spiro atoms. The highest BCUT2D eigenvalue weighted by Crippen LogP contribution is 2.29. The van der Waals surface area contributed by atoms with Gasteiger partial charge >= 0.3 is 6.18 Å². The van der Waals surface area contributed by atoms with Crippen molar-refractivity contribution in [2.24, 2.45) is 0 Å². The van der Waals surface area contributed by atoms with Gasteiger partial charge in [-0.1, -0.05) is 23.9 Å². The molecule has 1 fully saturated rings. The summed E-state index contributed by atoms with van der Waals surface area (Å²) in [6, 6.07) is 4.57. The summed E-state index contributed by atoms with van der Waals surface area (Å²) in [5.74, 6) is -0.736. The van der Waals surface area contributed by atoms with Crippen molar-refractivity contribution in [3.05, 3.63) is 41.5 Å². The van der Waals surface area contributed by atoms with Gasteiger partial charge in [0.2, 0.25) is 11.8 Å². The molecule has 5 nitrogen and oxygen atoms in total. The lowest BCUT2D eigenvalue weighted by Crippen LogP contribution is -2.37. The van der Waals surface area contributed by atoms with E-state index in [2.05, 4.69) is 5.32 Å². The van der Waals surface area contributed by atoms with Crippen LogP contribution in [-0.4, -0.2) is 40.8 Å². The molecule has 0 bridgehead atoms. The molecule has 128 valence electrons. The van der Waals surface area contributed by atoms with Crippen LogP contribution in [0.5, 0.6) is 0 Å². The highest BCUT2D eigenvalue weighted by molar-refractivity contribution is 8.14. The summed E-state index contributed by atoms with van der Waals surface area (Å²) in [5, 5.41) is 2.11. The van der Waals surface area contributed by atoms with Gasteiger partial charge in [-0.2, -0.15) is 13.2 Å². The van der Waals surface area contributed by atoms with Gasteiger partial charge in [-0.3, -0.25) is 19.3 Å². The van der Waals surface area contributed by atoms with Gasteiger partial charge in [0.15, 0.2) is 0 Å². The highest BCUT2D eigenvalue weighted by Gasteiger charge is 2.30. The van der Waals surface area contributed by atoms with E-state index in [-0.39, 0.29) is 35.6 Å². The molecule has 0 radical (unpaired) electrons. The Morgan fingerprint density at radius 3 is 2.71 bits per heavy atom. The maximum absolute atomic E-state index is 12.6. The molecule has 1 saturated heterocycles. The molecule has 0 atom stereocenters. The van der Waals surface area contributed by atoms with Gasteiger partial charge in [0.05, 0.1) is 11.3 Å². The summed E-state index contributed by atoms with van der Waals surface area (Å²) in [5.41, 5.74) is -0.560. The van der Waals surface area contributed by atoms with Crippen LogP contribution in [-0.2, 0) is 15.8 Å². The normalized spacial score (nSPS) is 15.4. The van der Waals surface area contributed by atoms with Crippen LogP contribution in [0.3, 0.4) is 0 Å². The number of hydrogen-bond acceptors (Lipinski definition) is 4. The van der Waals surface area contributed by atoms with E-state index in [9.17, 15) is 27.6 Å². The number of alkyl halides is 3. The highest BCUT2D eigenvalue weighted by atomic mass is 32.2. The number of carbonyl (C=O) groups excluding carboxylic acids is 3. The van der Waals surface area contributed by atoms with E-state index in [4.69, 9.17) is 0 Å². The summed E-state index contributed by atoms with van der Waals surface area (Å²) < 4.78 is 37.7. The van der Waals surface area contributed by atoms with Crippen LogP contribution in [0.2, 0.25) is 0 Å². The zero-order chi connectivity index (χ0) is 17.7. The first-order valence-corrected chi connectivity index (χ1v) is 7.86. The first-order chi connectivity index (χ1) is 11.3. The maximum atomic E-state index is 12.6. The fourth-order valence-corrected chi connectivity index (χ4v) is 2.69. The minimum atomic E-state index is -4.45. The zero-order valence-corrected chi connectivity index (χ0v) is 13.1. The predicted octanol–water partition coefficient (Wildman–Crippen LogP) is 2.53. The van der Waals surface area contributed by atoms with Crippen LogP contribution < -0.4 is 5.32 Å². The average molecular weight is 358 g/mol. The number of nitrogens with zero attached hydrogens (tertiary/aromatic N) is 1. The van der Waals surface area contributed by atoms with Gasteiger partial charge in [0, 0.05) is 19.2 Å².